The second-order valence-electron chi connectivity index (χ2n) is 3.48. The van der Waals surface area contributed by atoms with E-state index in [1.165, 1.54) is 18.0 Å². The number of aromatic nitrogens is 3. The maximum absolute atomic E-state index is 12.1. The van der Waals surface area contributed by atoms with Crippen LogP contribution in [0.5, 0.6) is 0 Å². The largest absolute Gasteiger partial charge is 0.319 e. The van der Waals surface area contributed by atoms with Crippen LogP contribution >= 0.6 is 23.4 Å². The predicted octanol–water partition coefficient (Wildman–Crippen LogP) is 2.89. The summed E-state index contributed by atoms with van der Waals surface area (Å²) in [5.41, 5.74) is 0.753. The summed E-state index contributed by atoms with van der Waals surface area (Å²) in [4.78, 5) is 24.2. The summed E-state index contributed by atoms with van der Waals surface area (Å²) in [5, 5.41) is 3.44. The summed E-state index contributed by atoms with van der Waals surface area (Å²) < 4.78 is 0. The summed E-state index contributed by atoms with van der Waals surface area (Å²) in [6.07, 6.45) is 4.61. The fourth-order valence-electron chi connectivity index (χ4n) is 1.34. The molecule has 0 radical (unpaired) electrons. The van der Waals surface area contributed by atoms with Crippen molar-refractivity contribution in [3.63, 3.8) is 0 Å². The smallest absolute Gasteiger partial charge is 0.276 e. The molecule has 1 N–H and O–H groups in total. The van der Waals surface area contributed by atoms with Gasteiger partial charge in [-0.1, -0.05) is 30.3 Å². The number of carbonyl (C=O) groups is 1. The van der Waals surface area contributed by atoms with Crippen molar-refractivity contribution in [2.45, 2.75) is 12.1 Å². The highest BCUT2D eigenvalue weighted by atomic mass is 35.5. The molecule has 0 fully saturated rings. The number of nitrogens with one attached hydrogen (secondary N) is 1. The van der Waals surface area contributed by atoms with Crippen LogP contribution in [0.15, 0.2) is 35.9 Å². The van der Waals surface area contributed by atoms with Crippen molar-refractivity contribution < 1.29 is 4.79 Å². The first-order valence-corrected chi connectivity index (χ1v) is 6.93. The third-order valence-corrected chi connectivity index (χ3v) is 3.15. The average Bonchev–Trinajstić information content (AvgIpc) is 2.42. The van der Waals surface area contributed by atoms with Gasteiger partial charge in [0.1, 0.15) is 0 Å². The van der Waals surface area contributed by atoms with Gasteiger partial charge in [-0.05, 0) is 17.9 Å². The fraction of sp³-hybridized carbons (Fsp3) is 0.167. The molecule has 0 bridgehead atoms. The molecule has 1 amide bonds. The maximum atomic E-state index is 12.1. The Morgan fingerprint density at radius 3 is 3.00 bits per heavy atom. The Morgan fingerprint density at radius 1 is 1.47 bits per heavy atom. The van der Waals surface area contributed by atoms with Crippen molar-refractivity contribution in [3.8, 4) is 0 Å². The van der Waals surface area contributed by atoms with Crippen molar-refractivity contribution in [2.75, 3.05) is 11.1 Å². The van der Waals surface area contributed by atoms with Crippen molar-refractivity contribution >= 4 is 35.0 Å². The Hall–Kier alpha value is -1.66. The number of nitrogens with zero attached hydrogens (tertiary/aromatic N) is 3. The van der Waals surface area contributed by atoms with Crippen molar-refractivity contribution in [1.82, 2.24) is 15.0 Å². The molecule has 0 saturated carbocycles. The molecule has 5 nitrogen and oxygen atoms in total. The van der Waals surface area contributed by atoms with Crippen LogP contribution in [0.1, 0.15) is 17.4 Å². The Labute approximate surface area is 119 Å². The number of hydrogen-bond acceptors (Lipinski definition) is 5. The van der Waals surface area contributed by atoms with E-state index >= 15 is 0 Å². The van der Waals surface area contributed by atoms with Crippen LogP contribution in [0, 0.1) is 0 Å². The second kappa shape index (κ2) is 6.49. The molecule has 2 heterocycles. The lowest BCUT2D eigenvalue weighted by Gasteiger charge is -2.06. The SMILES string of the molecule is CCSc1ncc(Cl)c(C(=O)Nc2cccnc2)n1. The molecule has 0 aliphatic heterocycles. The van der Waals surface area contributed by atoms with Gasteiger partial charge in [-0.15, -0.1) is 0 Å². The summed E-state index contributed by atoms with van der Waals surface area (Å²) in [7, 11) is 0. The third-order valence-electron chi connectivity index (χ3n) is 2.13. The van der Waals surface area contributed by atoms with E-state index in [9.17, 15) is 4.79 Å². The Balaban J connectivity index is 2.21. The lowest BCUT2D eigenvalue weighted by atomic mass is 10.3. The molecule has 0 aliphatic rings. The molecule has 0 unspecified atom stereocenters. The van der Waals surface area contributed by atoms with Gasteiger partial charge in [0.25, 0.3) is 5.91 Å². The highest BCUT2D eigenvalue weighted by molar-refractivity contribution is 7.99. The number of rotatable bonds is 4. The zero-order valence-corrected chi connectivity index (χ0v) is 11.7. The molecule has 2 aromatic heterocycles. The lowest BCUT2D eigenvalue weighted by Crippen LogP contribution is -2.15. The average molecular weight is 295 g/mol. The maximum Gasteiger partial charge on any atom is 0.276 e. The third kappa shape index (κ3) is 3.65. The van der Waals surface area contributed by atoms with Crippen molar-refractivity contribution in [2.24, 2.45) is 0 Å². The summed E-state index contributed by atoms with van der Waals surface area (Å²) >= 11 is 7.40. The quantitative estimate of drug-likeness (QED) is 0.694. The molecule has 0 spiro atoms. The van der Waals surface area contributed by atoms with E-state index in [1.54, 1.807) is 24.5 Å². The van der Waals surface area contributed by atoms with E-state index in [4.69, 9.17) is 11.6 Å². The first-order chi connectivity index (χ1) is 9.20. The van der Waals surface area contributed by atoms with Gasteiger partial charge >= 0.3 is 0 Å². The van der Waals surface area contributed by atoms with Crippen LogP contribution < -0.4 is 5.32 Å². The highest BCUT2D eigenvalue weighted by Crippen LogP contribution is 2.19. The zero-order chi connectivity index (χ0) is 13.7. The monoisotopic (exact) mass is 294 g/mol. The van der Waals surface area contributed by atoms with Gasteiger partial charge in [0.15, 0.2) is 10.9 Å². The molecule has 0 saturated heterocycles. The van der Waals surface area contributed by atoms with Gasteiger partial charge in [-0.2, -0.15) is 0 Å². The highest BCUT2D eigenvalue weighted by Gasteiger charge is 2.14. The van der Waals surface area contributed by atoms with E-state index in [0.29, 0.717) is 10.8 Å². The van der Waals surface area contributed by atoms with Crippen LogP contribution in [-0.2, 0) is 0 Å². The number of halogens is 1. The summed E-state index contributed by atoms with van der Waals surface area (Å²) in [6, 6.07) is 3.47. The van der Waals surface area contributed by atoms with E-state index in [0.717, 1.165) is 5.75 Å². The van der Waals surface area contributed by atoms with Gasteiger partial charge in [0.05, 0.1) is 23.1 Å². The minimum absolute atomic E-state index is 0.163. The van der Waals surface area contributed by atoms with Crippen LogP contribution in [0.3, 0.4) is 0 Å². The van der Waals surface area contributed by atoms with Gasteiger partial charge in [-0.25, -0.2) is 9.97 Å². The molecule has 0 atom stereocenters. The summed E-state index contributed by atoms with van der Waals surface area (Å²) in [5.74, 6) is 0.448. The lowest BCUT2D eigenvalue weighted by molar-refractivity contribution is 0.102. The van der Waals surface area contributed by atoms with Gasteiger partial charge in [0.2, 0.25) is 0 Å². The van der Waals surface area contributed by atoms with Crippen LogP contribution in [0.25, 0.3) is 0 Å². The molecule has 2 aromatic rings. The Morgan fingerprint density at radius 2 is 2.32 bits per heavy atom. The van der Waals surface area contributed by atoms with Gasteiger partial charge in [0, 0.05) is 6.20 Å². The van der Waals surface area contributed by atoms with Crippen LogP contribution in [-0.4, -0.2) is 26.6 Å². The predicted molar refractivity (Wildman–Crippen MR) is 75.6 cm³/mol. The van der Waals surface area contributed by atoms with Gasteiger partial charge in [-0.3, -0.25) is 9.78 Å². The first kappa shape index (κ1) is 13.8. The summed E-state index contributed by atoms with van der Waals surface area (Å²) in [6.45, 7) is 1.98. The fourth-order valence-corrected chi connectivity index (χ4v) is 2.05. The molecule has 2 rings (SSSR count). The van der Waals surface area contributed by atoms with Crippen molar-refractivity contribution in [1.29, 1.82) is 0 Å². The van der Waals surface area contributed by atoms with E-state index in [2.05, 4.69) is 20.3 Å². The molecule has 7 heteroatoms. The van der Waals surface area contributed by atoms with E-state index in [1.807, 2.05) is 6.92 Å². The van der Waals surface area contributed by atoms with E-state index < -0.39 is 0 Å². The number of anilines is 1. The molecular weight excluding hydrogens is 284 g/mol. The number of hydrogen-bond donors (Lipinski definition) is 1. The van der Waals surface area contributed by atoms with Crippen LogP contribution in [0.2, 0.25) is 5.02 Å². The Kier molecular flexibility index (Phi) is 4.70. The molecule has 0 aliphatic carbocycles. The van der Waals surface area contributed by atoms with E-state index in [-0.39, 0.29) is 16.6 Å². The number of pyridine rings is 1. The minimum atomic E-state index is -0.377. The molecule has 0 aromatic carbocycles. The molecule has 19 heavy (non-hydrogen) atoms. The van der Waals surface area contributed by atoms with Crippen LogP contribution in [0.4, 0.5) is 5.69 Å². The number of carbonyl (C=O) groups excluding carboxylic acids is 1. The first-order valence-electron chi connectivity index (χ1n) is 5.57. The zero-order valence-electron chi connectivity index (χ0n) is 10.1. The standard InChI is InChI=1S/C12H11ClN4OS/c1-2-19-12-15-7-9(13)10(17-12)11(18)16-8-4-3-5-14-6-8/h3-7H,2H2,1H3,(H,16,18). The molecular formula is C12H11ClN4OS. The van der Waals surface area contributed by atoms with Crippen molar-refractivity contribution in [3.05, 3.63) is 41.4 Å². The number of thioether (sulfide) groups is 1. The molecule has 98 valence electrons. The van der Waals surface area contributed by atoms with Gasteiger partial charge < -0.3 is 5.32 Å². The minimum Gasteiger partial charge on any atom is -0.319 e. The normalized spacial score (nSPS) is 10.2. The second-order valence-corrected chi connectivity index (χ2v) is 5.12. The number of amides is 1. The Bertz CT molecular complexity index is 579. The topological polar surface area (TPSA) is 67.8 Å².